The Bertz CT molecular complexity index is 1920. The van der Waals surface area contributed by atoms with Gasteiger partial charge in [-0.1, -0.05) is 17.1 Å². The fourth-order valence-corrected chi connectivity index (χ4v) is 6.15. The standard InChI is InChI=1S/C52H85N3O26/c1-8-11-54-48(62)76-37-38-9-10-40(78-47-43(58)41(56)42(57)44(79-47)46(60)61)39(36-38)45(59)53-12-13-65-14-15-66-16-17-67-18-19-68-20-21-69-22-23-70-24-25-71-26-27-72-28-29-73-30-31-74-32-33-75-34-35-77-55(49(63)80-51(2,3)4)50(64)81-52(5,6)7/h1,9-10,36,41-44,47,56-58H,11-35,37H2,2-7H3,(H,53,59)(H,54,62)(H,60,61)/t41-,42-,43+,44-,47+/m0/s1. The molecule has 1 heterocycles. The van der Waals surface area contributed by atoms with Gasteiger partial charge in [0.05, 0.1) is 164 Å². The van der Waals surface area contributed by atoms with Gasteiger partial charge in [0.15, 0.2) is 6.10 Å². The summed E-state index contributed by atoms with van der Waals surface area (Å²) in [6, 6.07) is 4.07. The highest BCUT2D eigenvalue weighted by Gasteiger charge is 2.48. The van der Waals surface area contributed by atoms with E-state index in [1.165, 1.54) is 18.2 Å². The number of alkyl carbamates (subject to hydrolysis) is 1. The molecule has 0 aliphatic carbocycles. The number of benzene rings is 1. The fraction of sp³-hybridized carbons (Fsp3) is 0.750. The van der Waals surface area contributed by atoms with Crippen LogP contribution in [0.2, 0.25) is 0 Å². The van der Waals surface area contributed by atoms with Gasteiger partial charge in [-0.15, -0.1) is 6.42 Å². The number of hydrogen-bond acceptors (Lipinski definition) is 25. The van der Waals surface area contributed by atoms with E-state index in [2.05, 4.69) is 16.6 Å². The highest BCUT2D eigenvalue weighted by Crippen LogP contribution is 2.28. The number of hydrogen-bond donors (Lipinski definition) is 6. The van der Waals surface area contributed by atoms with Gasteiger partial charge in [-0.25, -0.2) is 19.2 Å². The second-order valence-corrected chi connectivity index (χ2v) is 18.9. The first-order valence-corrected chi connectivity index (χ1v) is 26.3. The number of amides is 4. The largest absolute Gasteiger partial charge is 0.479 e. The average Bonchev–Trinajstić information content (AvgIpc) is 3.43. The SMILES string of the molecule is C#CCNC(=O)OCc1ccc(O[C@@H]2O[C@H](C(=O)O)[C@@H](O)[C@H](O)[C@H]2O)c(C(=O)NCCOCCOCCOCCOCCOCCOCCOCCOCCOCCOCCOCCON(C(=O)OC(C)(C)C)C(=O)OC(C)(C)C)c1. The third-order valence-electron chi connectivity index (χ3n) is 9.87. The number of nitrogens with zero attached hydrogens (tertiary/aromatic N) is 1. The normalized spacial score (nSPS) is 17.2. The number of terminal acetylenes is 1. The van der Waals surface area contributed by atoms with Crippen LogP contribution < -0.4 is 15.4 Å². The van der Waals surface area contributed by atoms with Crippen molar-refractivity contribution in [1.29, 1.82) is 0 Å². The number of carboxylic acids is 1. The summed E-state index contributed by atoms with van der Waals surface area (Å²) in [5, 5.41) is 45.5. The molecule has 0 bridgehead atoms. The summed E-state index contributed by atoms with van der Waals surface area (Å²) in [5.74, 6) is -0.238. The predicted octanol–water partition coefficient (Wildman–Crippen LogP) is 0.833. The van der Waals surface area contributed by atoms with Gasteiger partial charge in [0.2, 0.25) is 6.29 Å². The van der Waals surface area contributed by atoms with Crippen LogP contribution >= 0.6 is 0 Å². The van der Waals surface area contributed by atoms with Crippen molar-refractivity contribution in [3.8, 4) is 18.1 Å². The third kappa shape index (κ3) is 34.8. The van der Waals surface area contributed by atoms with Crippen molar-refractivity contribution in [3.63, 3.8) is 0 Å². The number of carboxylic acid groups (broad SMARTS) is 1. The quantitative estimate of drug-likeness (QED) is 0.0228. The van der Waals surface area contributed by atoms with Crippen LogP contribution in [0.4, 0.5) is 14.4 Å². The number of aliphatic hydroxyl groups is 3. The van der Waals surface area contributed by atoms with Crippen molar-refractivity contribution in [2.24, 2.45) is 0 Å². The number of rotatable bonds is 44. The van der Waals surface area contributed by atoms with Crippen LogP contribution in [0.1, 0.15) is 57.5 Å². The summed E-state index contributed by atoms with van der Waals surface area (Å²) in [6.45, 7) is 17.1. The lowest BCUT2D eigenvalue weighted by Crippen LogP contribution is -2.61. The lowest BCUT2D eigenvalue weighted by atomic mass is 9.99. The molecule has 0 unspecified atom stereocenters. The minimum Gasteiger partial charge on any atom is -0.479 e. The second-order valence-electron chi connectivity index (χ2n) is 18.9. The molecule has 1 aliphatic rings. The lowest BCUT2D eigenvalue weighted by Gasteiger charge is -2.38. The maximum atomic E-state index is 13.3. The highest BCUT2D eigenvalue weighted by molar-refractivity contribution is 5.97. The Labute approximate surface area is 472 Å². The van der Waals surface area contributed by atoms with Gasteiger partial charge in [0.1, 0.15) is 41.9 Å². The summed E-state index contributed by atoms with van der Waals surface area (Å²) < 4.78 is 86.8. The van der Waals surface area contributed by atoms with E-state index in [1.807, 2.05) is 0 Å². The molecule has 4 amide bonds. The monoisotopic (exact) mass is 1170 g/mol. The molecular weight excluding hydrogens is 1080 g/mol. The predicted molar refractivity (Wildman–Crippen MR) is 280 cm³/mol. The maximum absolute atomic E-state index is 13.3. The van der Waals surface area contributed by atoms with Crippen LogP contribution in [0, 0.1) is 12.3 Å². The first-order valence-electron chi connectivity index (χ1n) is 26.3. The van der Waals surface area contributed by atoms with Crippen molar-refractivity contribution in [2.75, 3.05) is 165 Å². The van der Waals surface area contributed by atoms with Gasteiger partial charge >= 0.3 is 24.2 Å². The maximum Gasteiger partial charge on any atom is 0.444 e. The van der Waals surface area contributed by atoms with Crippen molar-refractivity contribution in [3.05, 3.63) is 29.3 Å². The summed E-state index contributed by atoms with van der Waals surface area (Å²) in [5.41, 5.74) is -1.45. The summed E-state index contributed by atoms with van der Waals surface area (Å²) in [4.78, 5) is 66.9. The van der Waals surface area contributed by atoms with Crippen LogP contribution in [0.15, 0.2) is 18.2 Å². The van der Waals surface area contributed by atoms with E-state index in [1.54, 1.807) is 41.5 Å². The Morgan fingerprint density at radius 2 is 0.963 bits per heavy atom. The van der Waals surface area contributed by atoms with Gasteiger partial charge < -0.3 is 107 Å². The van der Waals surface area contributed by atoms with Gasteiger partial charge in [0.25, 0.3) is 5.91 Å². The van der Waals surface area contributed by atoms with Crippen LogP contribution in [0.5, 0.6) is 5.75 Å². The zero-order valence-corrected chi connectivity index (χ0v) is 47.3. The van der Waals surface area contributed by atoms with Gasteiger partial charge in [-0.3, -0.25) is 9.63 Å². The Balaban J connectivity index is 1.38. The molecule has 0 spiro atoms. The molecule has 0 radical (unpaired) electrons. The average molecular weight is 1170 g/mol. The fourth-order valence-electron chi connectivity index (χ4n) is 6.15. The van der Waals surface area contributed by atoms with Crippen molar-refractivity contribution >= 4 is 30.2 Å². The summed E-state index contributed by atoms with van der Waals surface area (Å²) in [6.07, 6.45) is -7.13. The van der Waals surface area contributed by atoms with Crippen LogP contribution in [-0.2, 0) is 87.3 Å². The smallest absolute Gasteiger partial charge is 0.444 e. The Morgan fingerprint density at radius 1 is 0.568 bits per heavy atom. The lowest BCUT2D eigenvalue weighted by molar-refractivity contribution is -0.271. The van der Waals surface area contributed by atoms with Crippen LogP contribution in [0.3, 0.4) is 0 Å². The number of hydroxylamine groups is 2. The molecule has 1 aromatic carbocycles. The van der Waals surface area contributed by atoms with Gasteiger partial charge in [-0.05, 0) is 59.2 Å². The van der Waals surface area contributed by atoms with E-state index >= 15 is 0 Å². The molecule has 1 saturated heterocycles. The Kier molecular flexibility index (Phi) is 37.9. The number of imide groups is 1. The zero-order valence-electron chi connectivity index (χ0n) is 47.3. The molecule has 81 heavy (non-hydrogen) atoms. The molecular formula is C52H85N3O26. The Morgan fingerprint density at radius 3 is 1.35 bits per heavy atom. The molecule has 464 valence electrons. The Hall–Kier alpha value is -5.11. The van der Waals surface area contributed by atoms with Crippen LogP contribution in [0.25, 0.3) is 0 Å². The van der Waals surface area contributed by atoms with E-state index in [9.17, 15) is 44.4 Å². The molecule has 5 atom stereocenters. The minimum atomic E-state index is -1.95. The van der Waals surface area contributed by atoms with Crippen molar-refractivity contribution in [1.82, 2.24) is 15.7 Å². The number of aliphatic hydroxyl groups excluding tert-OH is 3. The van der Waals surface area contributed by atoms with E-state index in [0.717, 1.165) is 0 Å². The first kappa shape index (κ1) is 72.0. The van der Waals surface area contributed by atoms with Gasteiger partial charge in [-0.2, -0.15) is 0 Å². The van der Waals surface area contributed by atoms with Crippen molar-refractivity contribution < 1.29 is 125 Å². The first-order chi connectivity index (χ1) is 38.7. The van der Waals surface area contributed by atoms with Crippen molar-refractivity contribution in [2.45, 2.75) is 90.1 Å². The molecule has 2 rings (SSSR count). The number of aliphatic carboxylic acids is 1. The van der Waals surface area contributed by atoms with E-state index in [4.69, 9.17) is 87.1 Å². The topological polar surface area (TPSA) is 350 Å². The molecule has 1 aliphatic heterocycles. The molecule has 29 heteroatoms. The number of carbonyl (C=O) groups is 5. The van der Waals surface area contributed by atoms with Crippen LogP contribution in [-0.4, -0.2) is 263 Å². The number of carbonyl (C=O) groups excluding carboxylic acids is 4. The molecule has 0 aromatic heterocycles. The van der Waals surface area contributed by atoms with Gasteiger partial charge in [0, 0.05) is 6.54 Å². The number of nitrogens with one attached hydrogen (secondary N) is 2. The summed E-state index contributed by atoms with van der Waals surface area (Å²) >= 11 is 0. The minimum absolute atomic E-state index is 0.0451. The molecule has 29 nitrogen and oxygen atoms in total. The molecule has 1 fully saturated rings. The molecule has 0 saturated carbocycles. The zero-order chi connectivity index (χ0) is 59.7. The van der Waals surface area contributed by atoms with E-state index < -0.39 is 72.1 Å². The van der Waals surface area contributed by atoms with E-state index in [0.29, 0.717) is 123 Å². The third-order valence-corrected chi connectivity index (χ3v) is 9.87. The van der Waals surface area contributed by atoms with E-state index in [-0.39, 0.29) is 70.7 Å². The number of ether oxygens (including phenoxy) is 16. The summed E-state index contributed by atoms with van der Waals surface area (Å²) in [7, 11) is 0. The molecule has 6 N–H and O–H groups in total. The highest BCUT2D eigenvalue weighted by atomic mass is 16.8. The molecule has 1 aromatic rings. The second kappa shape index (κ2) is 42.7.